The number of rotatable bonds is 6. The maximum absolute atomic E-state index is 12.4. The van der Waals surface area contributed by atoms with Gasteiger partial charge in [-0.2, -0.15) is 0 Å². The second-order valence-corrected chi connectivity index (χ2v) is 2.40. The lowest BCUT2D eigenvalue weighted by molar-refractivity contribution is -0.970. The molecule has 0 aromatic carbocycles. The molecule has 0 aliphatic rings. The first-order valence-electron chi connectivity index (χ1n) is 3.32. The smallest absolute Gasteiger partial charge is 0.300 e. The summed E-state index contributed by atoms with van der Waals surface area (Å²) in [6, 6.07) is 0. The molecule has 0 amide bonds. The van der Waals surface area contributed by atoms with Crippen LogP contribution in [0.15, 0.2) is 0 Å². The highest BCUT2D eigenvalue weighted by molar-refractivity contribution is 5.55. The van der Waals surface area contributed by atoms with Crippen molar-refractivity contribution in [2.45, 2.75) is 18.4 Å². The minimum atomic E-state index is -3.92. The molecule has 0 aromatic heterocycles. The molecule has 0 radical (unpaired) electrons. The summed E-state index contributed by atoms with van der Waals surface area (Å²) < 4.78 is 12.4. The lowest BCUT2D eigenvalue weighted by Crippen LogP contribution is -2.54. The zero-order valence-electron chi connectivity index (χ0n) is 6.94. The molecule has 0 bridgehead atoms. The van der Waals surface area contributed by atoms with Gasteiger partial charge in [-0.15, -0.1) is 0 Å². The minimum absolute atomic E-state index is 0.481. The van der Waals surface area contributed by atoms with Crippen LogP contribution in [0.25, 0.3) is 0 Å². The second-order valence-electron chi connectivity index (χ2n) is 2.40. The third-order valence-electron chi connectivity index (χ3n) is 1.49. The highest BCUT2D eigenvalue weighted by atomic mass is 19.1. The van der Waals surface area contributed by atoms with Gasteiger partial charge in [0, 0.05) is 0 Å². The van der Waals surface area contributed by atoms with Gasteiger partial charge in [0.2, 0.25) is 6.42 Å². The van der Waals surface area contributed by atoms with Crippen LogP contribution >= 0.6 is 0 Å². The van der Waals surface area contributed by atoms with Crippen LogP contribution in [0.5, 0.6) is 0 Å². The van der Waals surface area contributed by atoms with E-state index < -0.39 is 39.4 Å². The highest BCUT2D eigenvalue weighted by Gasteiger charge is 2.71. The zero-order chi connectivity index (χ0) is 12.2. The number of carbonyl (C=O) groups excluding carboxylic acids is 1. The first-order valence-corrected chi connectivity index (χ1v) is 3.32. The number of nitrogens with zero attached hydrogens (tertiary/aromatic N) is 3. The molecule has 0 spiro atoms. The van der Waals surface area contributed by atoms with E-state index in [9.17, 15) is 39.5 Å². The fourth-order valence-electron chi connectivity index (χ4n) is 0.733. The van der Waals surface area contributed by atoms with Crippen LogP contribution in [0.3, 0.4) is 0 Å². The van der Waals surface area contributed by atoms with Crippen LogP contribution < -0.4 is 0 Å². The van der Waals surface area contributed by atoms with Crippen molar-refractivity contribution in [3.05, 3.63) is 30.3 Å². The van der Waals surface area contributed by atoms with Gasteiger partial charge < -0.3 is 4.79 Å². The van der Waals surface area contributed by atoms with E-state index in [2.05, 4.69) is 0 Å². The molecular formula is C4H4FN3O7. The SMILES string of the molecule is O=CC(F)CC([N+](=O)[O-])([N+](=O)[O-])[N+](=O)[O-]. The standard InChI is InChI=1S/C4H4FN3O7/c5-3(2-9)1-4(6(10)11,7(12)13)8(14)15/h2-3H,1H2. The molecule has 0 aliphatic carbocycles. The molecule has 0 N–H and O–H groups in total. The number of hydrogen-bond donors (Lipinski definition) is 0. The predicted octanol–water partition coefficient (Wildman–Crippen LogP) is -0.603. The maximum Gasteiger partial charge on any atom is 0.703 e. The van der Waals surface area contributed by atoms with Gasteiger partial charge in [0.15, 0.2) is 27.2 Å². The summed E-state index contributed by atoms with van der Waals surface area (Å²) in [5, 5.41) is 30.6. The van der Waals surface area contributed by atoms with Crippen molar-refractivity contribution >= 4 is 6.29 Å². The van der Waals surface area contributed by atoms with Gasteiger partial charge in [-0.3, -0.25) is 30.3 Å². The first kappa shape index (κ1) is 12.8. The Labute approximate surface area is 80.1 Å². The number of aldehydes is 1. The number of halogens is 1. The Kier molecular flexibility index (Phi) is 3.71. The van der Waals surface area contributed by atoms with Crippen LogP contribution in [0.1, 0.15) is 6.42 Å². The zero-order valence-corrected chi connectivity index (χ0v) is 6.94. The van der Waals surface area contributed by atoms with E-state index in [4.69, 9.17) is 0 Å². The van der Waals surface area contributed by atoms with E-state index in [0.717, 1.165) is 0 Å². The van der Waals surface area contributed by atoms with Crippen molar-refractivity contribution in [3.63, 3.8) is 0 Å². The molecule has 84 valence electrons. The summed E-state index contributed by atoms with van der Waals surface area (Å²) >= 11 is 0. The Morgan fingerprint density at radius 3 is 1.67 bits per heavy atom. The fourth-order valence-corrected chi connectivity index (χ4v) is 0.733. The maximum atomic E-state index is 12.4. The number of carbonyl (C=O) groups is 1. The van der Waals surface area contributed by atoms with Gasteiger partial charge in [-0.1, -0.05) is 0 Å². The summed E-state index contributed by atoms with van der Waals surface area (Å²) in [5.74, 6) is -3.92. The molecule has 0 aliphatic heterocycles. The number of nitro groups is 3. The summed E-state index contributed by atoms with van der Waals surface area (Å²) in [6.07, 6.45) is -4.87. The largest absolute Gasteiger partial charge is 0.703 e. The molecule has 0 aromatic rings. The minimum Gasteiger partial charge on any atom is -0.300 e. The van der Waals surface area contributed by atoms with Crippen molar-refractivity contribution in [2.24, 2.45) is 0 Å². The van der Waals surface area contributed by atoms with Gasteiger partial charge in [-0.05, 0) is 0 Å². The van der Waals surface area contributed by atoms with Gasteiger partial charge in [-0.25, -0.2) is 4.39 Å². The molecule has 10 nitrogen and oxygen atoms in total. The summed E-state index contributed by atoms with van der Waals surface area (Å²) in [4.78, 5) is 34.9. The summed E-state index contributed by atoms with van der Waals surface area (Å²) in [6.45, 7) is 0. The predicted molar refractivity (Wildman–Crippen MR) is 39.3 cm³/mol. The Bertz CT molecular complexity index is 281. The van der Waals surface area contributed by atoms with Crippen molar-refractivity contribution in [3.8, 4) is 0 Å². The van der Waals surface area contributed by atoms with Crippen molar-refractivity contribution in [2.75, 3.05) is 0 Å². The van der Waals surface area contributed by atoms with Gasteiger partial charge in [0.05, 0.1) is 0 Å². The lowest BCUT2D eigenvalue weighted by Gasteiger charge is -2.08. The van der Waals surface area contributed by atoms with Crippen LogP contribution in [0.4, 0.5) is 4.39 Å². The lowest BCUT2D eigenvalue weighted by atomic mass is 10.2. The molecule has 1 atom stereocenters. The number of hydrogen-bond acceptors (Lipinski definition) is 7. The molecule has 1 unspecified atom stereocenters. The summed E-state index contributed by atoms with van der Waals surface area (Å²) in [5.41, 5.74) is 0. The van der Waals surface area contributed by atoms with Gasteiger partial charge >= 0.3 is 5.79 Å². The third kappa shape index (κ3) is 2.18. The van der Waals surface area contributed by atoms with Crippen molar-refractivity contribution in [1.82, 2.24) is 0 Å². The Hall–Kier alpha value is -2.20. The number of alkyl halides is 1. The van der Waals surface area contributed by atoms with E-state index in [-0.39, 0.29) is 0 Å². The molecular weight excluding hydrogens is 221 g/mol. The molecule has 11 heteroatoms. The third-order valence-corrected chi connectivity index (χ3v) is 1.49. The molecule has 0 fully saturated rings. The van der Waals surface area contributed by atoms with Crippen LogP contribution in [0.2, 0.25) is 0 Å². The molecule has 0 heterocycles. The Balaban J connectivity index is 5.33. The summed E-state index contributed by atoms with van der Waals surface area (Å²) in [7, 11) is 0. The van der Waals surface area contributed by atoms with Crippen molar-refractivity contribution < 1.29 is 24.0 Å². The van der Waals surface area contributed by atoms with Crippen LogP contribution in [-0.2, 0) is 4.79 Å². The van der Waals surface area contributed by atoms with E-state index >= 15 is 0 Å². The van der Waals surface area contributed by atoms with Crippen molar-refractivity contribution in [1.29, 1.82) is 0 Å². The average molecular weight is 225 g/mol. The van der Waals surface area contributed by atoms with Gasteiger partial charge in [0.25, 0.3) is 0 Å². The second kappa shape index (κ2) is 4.34. The molecule has 15 heavy (non-hydrogen) atoms. The molecule has 0 saturated carbocycles. The van der Waals surface area contributed by atoms with Gasteiger partial charge in [0.1, 0.15) is 0 Å². The normalized spacial score (nSPS) is 12.9. The highest BCUT2D eigenvalue weighted by Crippen LogP contribution is 2.20. The average Bonchev–Trinajstić information content (AvgIpc) is 2.11. The van der Waals surface area contributed by atoms with E-state index in [1.807, 2.05) is 0 Å². The van der Waals surface area contributed by atoms with E-state index in [1.165, 1.54) is 0 Å². The topological polar surface area (TPSA) is 146 Å². The quantitative estimate of drug-likeness (QED) is 0.253. The first-order chi connectivity index (χ1) is 6.78. The monoisotopic (exact) mass is 225 g/mol. The fraction of sp³-hybridized carbons (Fsp3) is 0.750. The van der Waals surface area contributed by atoms with E-state index in [0.29, 0.717) is 0 Å². The molecule has 0 rings (SSSR count). The van der Waals surface area contributed by atoms with Crippen LogP contribution in [0, 0.1) is 30.3 Å². The molecule has 0 saturated heterocycles. The Morgan fingerprint density at radius 2 is 1.47 bits per heavy atom. The Morgan fingerprint density at radius 1 is 1.13 bits per heavy atom. The van der Waals surface area contributed by atoms with Crippen LogP contribution in [-0.4, -0.2) is 33.0 Å². The van der Waals surface area contributed by atoms with E-state index in [1.54, 1.807) is 0 Å².